The van der Waals surface area contributed by atoms with Gasteiger partial charge in [-0.15, -0.1) is 0 Å². The summed E-state index contributed by atoms with van der Waals surface area (Å²) in [4.78, 5) is 15.0. The molecule has 1 saturated heterocycles. The Morgan fingerprint density at radius 3 is 2.61 bits per heavy atom. The van der Waals surface area contributed by atoms with Crippen molar-refractivity contribution in [3.05, 3.63) is 44.2 Å². The van der Waals surface area contributed by atoms with Gasteiger partial charge in [0.2, 0.25) is 0 Å². The van der Waals surface area contributed by atoms with Crippen molar-refractivity contribution in [1.82, 2.24) is 9.80 Å². The van der Waals surface area contributed by atoms with Gasteiger partial charge in [0, 0.05) is 36.7 Å². The van der Waals surface area contributed by atoms with Crippen molar-refractivity contribution >= 4 is 15.9 Å². The number of piperazine rings is 1. The van der Waals surface area contributed by atoms with Crippen LogP contribution in [0.1, 0.15) is 6.42 Å². The Kier molecular flexibility index (Phi) is 4.19. The predicted octanol–water partition coefficient (Wildman–Crippen LogP) is 1.96. The standard InChI is InChI=1S/C12H16BrN3O2/c1-14-5-7-15(8-6-14)12-4-2-3-10(16(17)18)9-11(12)13/h2,4,9H,3,5-8H2,1H3. The first-order chi connectivity index (χ1) is 8.58. The first-order valence-corrected chi connectivity index (χ1v) is 6.72. The number of hydrogen-bond acceptors (Lipinski definition) is 4. The fourth-order valence-electron chi connectivity index (χ4n) is 2.08. The van der Waals surface area contributed by atoms with Gasteiger partial charge in [0.15, 0.2) is 0 Å². The maximum Gasteiger partial charge on any atom is 0.251 e. The smallest absolute Gasteiger partial charge is 0.251 e. The molecule has 1 fully saturated rings. The first-order valence-electron chi connectivity index (χ1n) is 5.92. The van der Waals surface area contributed by atoms with Gasteiger partial charge in [-0.1, -0.05) is 6.08 Å². The summed E-state index contributed by atoms with van der Waals surface area (Å²) in [5.74, 6) is 0. The van der Waals surface area contributed by atoms with E-state index in [1.807, 2.05) is 12.2 Å². The fraction of sp³-hybridized carbons (Fsp3) is 0.500. The second kappa shape index (κ2) is 5.67. The lowest BCUT2D eigenvalue weighted by Crippen LogP contribution is -2.43. The lowest BCUT2D eigenvalue weighted by molar-refractivity contribution is -0.426. The normalized spacial score (nSPS) is 21.9. The summed E-state index contributed by atoms with van der Waals surface area (Å²) in [5.41, 5.74) is 1.27. The molecule has 0 atom stereocenters. The Morgan fingerprint density at radius 2 is 2.00 bits per heavy atom. The highest BCUT2D eigenvalue weighted by Crippen LogP contribution is 2.25. The van der Waals surface area contributed by atoms with E-state index in [-0.39, 0.29) is 10.6 Å². The van der Waals surface area contributed by atoms with Gasteiger partial charge in [-0.25, -0.2) is 0 Å². The molecule has 0 radical (unpaired) electrons. The van der Waals surface area contributed by atoms with Crippen molar-refractivity contribution in [2.24, 2.45) is 0 Å². The molecule has 18 heavy (non-hydrogen) atoms. The second-order valence-electron chi connectivity index (χ2n) is 4.52. The Labute approximate surface area is 115 Å². The molecule has 5 nitrogen and oxygen atoms in total. The van der Waals surface area contributed by atoms with Crippen molar-refractivity contribution in [2.45, 2.75) is 6.42 Å². The molecule has 98 valence electrons. The molecule has 0 aromatic heterocycles. The third-order valence-corrected chi connectivity index (χ3v) is 3.85. The summed E-state index contributed by atoms with van der Waals surface area (Å²) >= 11 is 3.46. The van der Waals surface area contributed by atoms with Crippen LogP contribution in [0.15, 0.2) is 34.1 Å². The summed E-state index contributed by atoms with van der Waals surface area (Å²) < 4.78 is 0.799. The molecule has 0 aromatic carbocycles. The molecule has 0 N–H and O–H groups in total. The average Bonchev–Trinajstić information content (AvgIpc) is 2.52. The molecular formula is C12H16BrN3O2. The highest BCUT2D eigenvalue weighted by Gasteiger charge is 2.20. The zero-order chi connectivity index (χ0) is 13.1. The molecule has 6 heteroatoms. The van der Waals surface area contributed by atoms with Crippen LogP contribution in [0.3, 0.4) is 0 Å². The van der Waals surface area contributed by atoms with Crippen molar-refractivity contribution in [2.75, 3.05) is 33.2 Å². The molecule has 1 heterocycles. The number of likely N-dealkylation sites (N-methyl/N-ethyl adjacent to an activating group) is 1. The van der Waals surface area contributed by atoms with Gasteiger partial charge in [-0.3, -0.25) is 10.1 Å². The van der Waals surface area contributed by atoms with Gasteiger partial charge in [-0.2, -0.15) is 0 Å². The topological polar surface area (TPSA) is 49.6 Å². The van der Waals surface area contributed by atoms with E-state index in [4.69, 9.17) is 0 Å². The van der Waals surface area contributed by atoms with E-state index in [0.717, 1.165) is 36.4 Å². The van der Waals surface area contributed by atoms with Crippen LogP contribution in [0, 0.1) is 10.1 Å². The third kappa shape index (κ3) is 3.00. The van der Waals surface area contributed by atoms with E-state index in [1.54, 1.807) is 6.08 Å². The van der Waals surface area contributed by atoms with Crippen LogP contribution in [0.5, 0.6) is 0 Å². The molecule has 1 aliphatic carbocycles. The quantitative estimate of drug-likeness (QED) is 0.577. The van der Waals surface area contributed by atoms with Gasteiger partial charge >= 0.3 is 0 Å². The first kappa shape index (κ1) is 13.3. The lowest BCUT2D eigenvalue weighted by Gasteiger charge is -2.35. The molecule has 0 amide bonds. The summed E-state index contributed by atoms with van der Waals surface area (Å²) in [7, 11) is 2.11. The largest absolute Gasteiger partial charge is 0.368 e. The number of halogens is 1. The number of rotatable bonds is 2. The predicted molar refractivity (Wildman–Crippen MR) is 73.9 cm³/mol. The van der Waals surface area contributed by atoms with E-state index < -0.39 is 0 Å². The van der Waals surface area contributed by atoms with Gasteiger partial charge in [0.1, 0.15) is 0 Å². The van der Waals surface area contributed by atoms with Crippen LogP contribution in [0.25, 0.3) is 0 Å². The van der Waals surface area contributed by atoms with Crippen LogP contribution in [0.4, 0.5) is 0 Å². The van der Waals surface area contributed by atoms with E-state index in [2.05, 4.69) is 32.8 Å². The SMILES string of the molecule is CN1CCN(C2=C(Br)C=C([N+](=O)[O-])CC=C2)CC1. The lowest BCUT2D eigenvalue weighted by atomic mass is 10.2. The molecular weight excluding hydrogens is 298 g/mol. The van der Waals surface area contributed by atoms with Crippen LogP contribution in [-0.4, -0.2) is 47.9 Å². The third-order valence-electron chi connectivity index (χ3n) is 3.22. The van der Waals surface area contributed by atoms with E-state index in [0.29, 0.717) is 6.42 Å². The minimum Gasteiger partial charge on any atom is -0.368 e. The number of nitrogens with zero attached hydrogens (tertiary/aromatic N) is 3. The summed E-state index contributed by atoms with van der Waals surface area (Å²) in [5, 5.41) is 10.8. The van der Waals surface area contributed by atoms with Crippen LogP contribution in [0.2, 0.25) is 0 Å². The van der Waals surface area contributed by atoms with Crippen LogP contribution >= 0.6 is 15.9 Å². The summed E-state index contributed by atoms with van der Waals surface area (Å²) in [6.07, 6.45) is 5.83. The Morgan fingerprint density at radius 1 is 1.33 bits per heavy atom. The minimum absolute atomic E-state index is 0.224. The van der Waals surface area contributed by atoms with E-state index in [1.165, 1.54) is 0 Å². The highest BCUT2D eigenvalue weighted by atomic mass is 79.9. The van der Waals surface area contributed by atoms with Gasteiger partial charge < -0.3 is 9.80 Å². The second-order valence-corrected chi connectivity index (χ2v) is 5.38. The number of hydrogen-bond donors (Lipinski definition) is 0. The van der Waals surface area contributed by atoms with E-state index in [9.17, 15) is 10.1 Å². The molecule has 0 unspecified atom stereocenters. The highest BCUT2D eigenvalue weighted by molar-refractivity contribution is 9.11. The Balaban J connectivity index is 2.21. The number of allylic oxidation sites excluding steroid dienone is 4. The molecule has 1 aliphatic heterocycles. The fourth-order valence-corrected chi connectivity index (χ4v) is 2.73. The summed E-state index contributed by atoms with van der Waals surface area (Å²) in [6.45, 7) is 3.94. The van der Waals surface area contributed by atoms with E-state index >= 15 is 0 Å². The maximum absolute atomic E-state index is 10.8. The number of nitro groups is 1. The Bertz CT molecular complexity index is 435. The molecule has 0 saturated carbocycles. The minimum atomic E-state index is -0.321. The van der Waals surface area contributed by atoms with Crippen LogP contribution in [-0.2, 0) is 0 Å². The molecule has 0 bridgehead atoms. The molecule has 0 spiro atoms. The average molecular weight is 314 g/mol. The maximum atomic E-state index is 10.8. The van der Waals surface area contributed by atoms with Gasteiger partial charge in [0.25, 0.3) is 5.70 Å². The van der Waals surface area contributed by atoms with Crippen molar-refractivity contribution in [3.63, 3.8) is 0 Å². The van der Waals surface area contributed by atoms with Gasteiger partial charge in [-0.05, 0) is 29.1 Å². The van der Waals surface area contributed by atoms with Crippen molar-refractivity contribution < 1.29 is 4.92 Å². The summed E-state index contributed by atoms with van der Waals surface area (Å²) in [6, 6.07) is 0. The van der Waals surface area contributed by atoms with Crippen LogP contribution < -0.4 is 0 Å². The molecule has 2 rings (SSSR count). The molecule has 2 aliphatic rings. The van der Waals surface area contributed by atoms with Crippen molar-refractivity contribution in [1.29, 1.82) is 0 Å². The molecule has 0 aromatic rings. The Hall–Kier alpha value is -1.14. The van der Waals surface area contributed by atoms with Crippen molar-refractivity contribution in [3.8, 4) is 0 Å². The zero-order valence-corrected chi connectivity index (χ0v) is 11.9. The zero-order valence-electron chi connectivity index (χ0n) is 10.3. The monoisotopic (exact) mass is 313 g/mol. The van der Waals surface area contributed by atoms with Gasteiger partial charge in [0.05, 0.1) is 17.0 Å².